The van der Waals surface area contributed by atoms with Gasteiger partial charge in [-0.15, -0.1) is 0 Å². The molecule has 0 spiro atoms. The van der Waals surface area contributed by atoms with Crippen molar-refractivity contribution < 1.29 is 9.59 Å². The van der Waals surface area contributed by atoms with E-state index in [0.717, 1.165) is 12.8 Å². The summed E-state index contributed by atoms with van der Waals surface area (Å²) < 4.78 is 0. The van der Waals surface area contributed by atoms with Gasteiger partial charge in [0.1, 0.15) is 5.41 Å². The van der Waals surface area contributed by atoms with Crippen LogP contribution >= 0.6 is 0 Å². The first kappa shape index (κ1) is 12.9. The van der Waals surface area contributed by atoms with Crippen LogP contribution in [0.2, 0.25) is 0 Å². The van der Waals surface area contributed by atoms with Gasteiger partial charge < -0.3 is 11.1 Å². The number of carbonyl (C=O) groups is 2. The second kappa shape index (κ2) is 5.62. The molecule has 82 valence electrons. The molecule has 0 aliphatic carbocycles. The second-order valence-corrected chi connectivity index (χ2v) is 3.66. The largest absolute Gasteiger partial charge is 0.369 e. The van der Waals surface area contributed by atoms with Crippen LogP contribution in [0, 0.1) is 5.41 Å². The summed E-state index contributed by atoms with van der Waals surface area (Å²) in [5.41, 5.74) is 4.13. The summed E-state index contributed by atoms with van der Waals surface area (Å²) in [6.07, 6.45) is 2.37. The minimum atomic E-state index is -1.06. The van der Waals surface area contributed by atoms with Crippen molar-refractivity contribution in [3.8, 4) is 0 Å². The van der Waals surface area contributed by atoms with Crippen molar-refractivity contribution in [2.75, 3.05) is 6.54 Å². The van der Waals surface area contributed by atoms with E-state index in [1.54, 1.807) is 13.8 Å². The smallest absolute Gasteiger partial charge is 0.235 e. The summed E-state index contributed by atoms with van der Waals surface area (Å²) in [4.78, 5) is 22.7. The second-order valence-electron chi connectivity index (χ2n) is 3.66. The molecule has 14 heavy (non-hydrogen) atoms. The maximum Gasteiger partial charge on any atom is 0.235 e. The molecule has 4 nitrogen and oxygen atoms in total. The molecular weight excluding hydrogens is 180 g/mol. The highest BCUT2D eigenvalue weighted by Gasteiger charge is 2.37. The Morgan fingerprint density at radius 3 is 2.29 bits per heavy atom. The molecule has 0 aromatic heterocycles. The van der Waals surface area contributed by atoms with Crippen LogP contribution in [-0.2, 0) is 9.59 Å². The van der Waals surface area contributed by atoms with Crippen molar-refractivity contribution in [1.82, 2.24) is 5.32 Å². The van der Waals surface area contributed by atoms with Gasteiger partial charge in [0.15, 0.2) is 0 Å². The number of hydrogen-bond acceptors (Lipinski definition) is 2. The molecule has 0 aliphatic heterocycles. The molecule has 0 aromatic carbocycles. The molecule has 0 bridgehead atoms. The van der Waals surface area contributed by atoms with Crippen LogP contribution in [0.1, 0.15) is 40.0 Å². The first-order valence-corrected chi connectivity index (χ1v) is 5.07. The molecule has 3 N–H and O–H groups in total. The average molecular weight is 200 g/mol. The van der Waals surface area contributed by atoms with Crippen LogP contribution in [-0.4, -0.2) is 18.4 Å². The lowest BCUT2D eigenvalue weighted by Crippen LogP contribution is -2.47. The number of rotatable bonds is 6. The maximum absolute atomic E-state index is 11.6. The molecule has 0 saturated carbocycles. The molecule has 0 heterocycles. The van der Waals surface area contributed by atoms with E-state index in [9.17, 15) is 9.59 Å². The molecule has 2 amide bonds. The van der Waals surface area contributed by atoms with Crippen LogP contribution in [0.3, 0.4) is 0 Å². The Balaban J connectivity index is 4.25. The third kappa shape index (κ3) is 3.01. The number of hydrogen-bond donors (Lipinski definition) is 2. The van der Waals surface area contributed by atoms with Gasteiger partial charge in [0, 0.05) is 6.54 Å². The molecule has 0 rings (SSSR count). The molecular formula is C10H20N2O2. The van der Waals surface area contributed by atoms with Gasteiger partial charge in [-0.25, -0.2) is 0 Å². The fourth-order valence-electron chi connectivity index (χ4n) is 1.02. The van der Waals surface area contributed by atoms with Gasteiger partial charge in [-0.1, -0.05) is 20.3 Å². The summed E-state index contributed by atoms with van der Waals surface area (Å²) >= 11 is 0. The lowest BCUT2D eigenvalue weighted by atomic mass is 9.85. The van der Waals surface area contributed by atoms with Crippen molar-refractivity contribution in [3.63, 3.8) is 0 Å². The zero-order chi connectivity index (χ0) is 11.2. The fraction of sp³-hybridized carbons (Fsp3) is 0.800. The van der Waals surface area contributed by atoms with E-state index in [0.29, 0.717) is 13.0 Å². The Labute approximate surface area is 85.2 Å². The summed E-state index contributed by atoms with van der Waals surface area (Å²) in [5, 5.41) is 2.72. The highest BCUT2D eigenvalue weighted by atomic mass is 16.2. The molecule has 1 unspecified atom stereocenters. The first-order valence-electron chi connectivity index (χ1n) is 5.07. The van der Waals surface area contributed by atoms with E-state index < -0.39 is 11.3 Å². The number of nitrogens with one attached hydrogen (secondary N) is 1. The number of primary amides is 1. The molecule has 0 radical (unpaired) electrons. The van der Waals surface area contributed by atoms with Gasteiger partial charge in [0.05, 0.1) is 0 Å². The van der Waals surface area contributed by atoms with Crippen LogP contribution in [0.25, 0.3) is 0 Å². The van der Waals surface area contributed by atoms with E-state index in [-0.39, 0.29) is 5.91 Å². The molecule has 0 saturated heterocycles. The topological polar surface area (TPSA) is 72.2 Å². The Kier molecular flexibility index (Phi) is 5.20. The summed E-state index contributed by atoms with van der Waals surface area (Å²) in [6.45, 7) is 6.01. The predicted molar refractivity (Wildman–Crippen MR) is 55.5 cm³/mol. The van der Waals surface area contributed by atoms with E-state index in [1.165, 1.54) is 0 Å². The Morgan fingerprint density at radius 1 is 1.36 bits per heavy atom. The van der Waals surface area contributed by atoms with Crippen molar-refractivity contribution >= 4 is 11.8 Å². The van der Waals surface area contributed by atoms with Gasteiger partial charge in [-0.05, 0) is 19.8 Å². The number of amides is 2. The van der Waals surface area contributed by atoms with Crippen molar-refractivity contribution in [3.05, 3.63) is 0 Å². The quantitative estimate of drug-likeness (QED) is 0.492. The summed E-state index contributed by atoms with van der Waals surface area (Å²) in [6, 6.07) is 0. The van der Waals surface area contributed by atoms with E-state index in [2.05, 4.69) is 5.32 Å². The third-order valence-electron chi connectivity index (χ3n) is 2.57. The van der Waals surface area contributed by atoms with Crippen molar-refractivity contribution in [2.24, 2.45) is 11.1 Å². The van der Waals surface area contributed by atoms with Crippen LogP contribution < -0.4 is 11.1 Å². The average Bonchev–Trinajstić information content (AvgIpc) is 2.16. The van der Waals surface area contributed by atoms with Gasteiger partial charge in [-0.3, -0.25) is 9.59 Å². The predicted octanol–water partition coefficient (Wildman–Crippen LogP) is 0.804. The highest BCUT2D eigenvalue weighted by Crippen LogP contribution is 2.20. The zero-order valence-corrected chi connectivity index (χ0v) is 9.22. The van der Waals surface area contributed by atoms with E-state index in [4.69, 9.17) is 5.73 Å². The van der Waals surface area contributed by atoms with Gasteiger partial charge in [0.25, 0.3) is 0 Å². The third-order valence-corrected chi connectivity index (χ3v) is 2.57. The van der Waals surface area contributed by atoms with Gasteiger partial charge in [-0.2, -0.15) is 0 Å². The number of carbonyl (C=O) groups excluding carboxylic acids is 2. The van der Waals surface area contributed by atoms with E-state index >= 15 is 0 Å². The molecule has 4 heteroatoms. The van der Waals surface area contributed by atoms with Crippen molar-refractivity contribution in [1.29, 1.82) is 0 Å². The lowest BCUT2D eigenvalue weighted by molar-refractivity contribution is -0.140. The van der Waals surface area contributed by atoms with Crippen molar-refractivity contribution in [2.45, 2.75) is 40.0 Å². The van der Waals surface area contributed by atoms with E-state index in [1.807, 2.05) is 6.92 Å². The molecule has 0 aromatic rings. The lowest BCUT2D eigenvalue weighted by Gasteiger charge is -2.22. The fourth-order valence-corrected chi connectivity index (χ4v) is 1.02. The Morgan fingerprint density at radius 2 is 1.93 bits per heavy atom. The standard InChI is InChI=1S/C10H20N2O2/c1-4-6-7-12-9(14)10(3,5-2)8(11)13/h4-7H2,1-3H3,(H2,11,13)(H,12,14). The minimum Gasteiger partial charge on any atom is -0.369 e. The maximum atomic E-state index is 11.6. The number of nitrogens with two attached hydrogens (primary N) is 1. The Bertz CT molecular complexity index is 216. The van der Waals surface area contributed by atoms with Crippen LogP contribution in [0.5, 0.6) is 0 Å². The summed E-state index contributed by atoms with van der Waals surface area (Å²) in [7, 11) is 0. The zero-order valence-electron chi connectivity index (χ0n) is 9.22. The highest BCUT2D eigenvalue weighted by molar-refractivity contribution is 6.03. The Hall–Kier alpha value is -1.06. The van der Waals surface area contributed by atoms with Crippen LogP contribution in [0.15, 0.2) is 0 Å². The monoisotopic (exact) mass is 200 g/mol. The number of unbranched alkanes of at least 4 members (excludes halogenated alkanes) is 1. The molecule has 0 fully saturated rings. The normalized spacial score (nSPS) is 14.5. The minimum absolute atomic E-state index is 0.263. The van der Waals surface area contributed by atoms with Gasteiger partial charge >= 0.3 is 0 Å². The summed E-state index contributed by atoms with van der Waals surface area (Å²) in [5.74, 6) is -0.824. The molecule has 0 aliphatic rings. The van der Waals surface area contributed by atoms with Gasteiger partial charge in [0.2, 0.25) is 11.8 Å². The SMILES string of the molecule is CCCCNC(=O)C(C)(CC)C(N)=O. The molecule has 1 atom stereocenters. The van der Waals surface area contributed by atoms with Crippen LogP contribution in [0.4, 0.5) is 0 Å². The first-order chi connectivity index (χ1) is 6.49.